The SMILES string of the molecule is CC[N]1CC(=O)OCOC(=O)C[N](CC[N+](C)(CC)Cc2ccc(NC(=S)NCCNC(=O)CCC=O)cc2)[Ga]1[CH3]. The number of rotatable bonds is 14. The third-order valence-electron chi connectivity index (χ3n) is 7.26. The minimum absolute atomic E-state index is 0.159. The van der Waals surface area contributed by atoms with E-state index >= 15 is 0 Å². The Hall–Kier alpha value is -2.49. The Bertz CT molecular complexity index is 1030. The summed E-state index contributed by atoms with van der Waals surface area (Å²) in [5, 5.41) is 9.40. The van der Waals surface area contributed by atoms with Gasteiger partial charge in [0.15, 0.2) is 0 Å². The van der Waals surface area contributed by atoms with Crippen LogP contribution >= 0.6 is 12.2 Å². The molecule has 1 amide bonds. The number of benzene rings is 1. The molecule has 2 rings (SSSR count). The van der Waals surface area contributed by atoms with Crippen molar-refractivity contribution in [2.24, 2.45) is 0 Å². The number of ether oxygens (including phenoxy) is 2. The number of aldehydes is 1. The summed E-state index contributed by atoms with van der Waals surface area (Å²) >= 11 is 3.03. The second-order valence-electron chi connectivity index (χ2n) is 10.3. The van der Waals surface area contributed by atoms with Gasteiger partial charge in [0.25, 0.3) is 0 Å². The predicted octanol–water partition coefficient (Wildman–Crippen LogP) is 0.834. The zero-order valence-electron chi connectivity index (χ0n) is 24.6. The first-order valence-corrected chi connectivity index (χ1v) is 19.1. The molecule has 41 heavy (non-hydrogen) atoms. The molecule has 226 valence electrons. The number of thiocarbonyl (C=S) groups is 1. The number of likely N-dealkylation sites (N-methyl/N-ethyl adjacent to an activating group) is 2. The van der Waals surface area contributed by atoms with Crippen LogP contribution in [0.4, 0.5) is 5.69 Å². The van der Waals surface area contributed by atoms with E-state index in [1.807, 2.05) is 19.1 Å². The van der Waals surface area contributed by atoms with E-state index in [0.717, 1.165) is 49.2 Å². The number of carbonyl (C=O) groups is 4. The first kappa shape index (κ1) is 34.7. The van der Waals surface area contributed by atoms with E-state index in [2.05, 4.69) is 54.7 Å². The fraction of sp³-hybridized carbons (Fsp3) is 0.593. The summed E-state index contributed by atoms with van der Waals surface area (Å²) < 4.78 is 15.4. The van der Waals surface area contributed by atoms with Gasteiger partial charge in [-0.1, -0.05) is 0 Å². The Morgan fingerprint density at radius 3 is 2.32 bits per heavy atom. The molecule has 0 bridgehead atoms. The summed E-state index contributed by atoms with van der Waals surface area (Å²) in [4.78, 5) is 46.4. The second kappa shape index (κ2) is 18.1. The molecule has 1 unspecified atom stereocenters. The van der Waals surface area contributed by atoms with Crippen LogP contribution < -0.4 is 16.0 Å². The first-order valence-electron chi connectivity index (χ1n) is 14.1. The van der Waals surface area contributed by atoms with Crippen molar-refractivity contribution in [2.75, 3.05) is 71.5 Å². The van der Waals surface area contributed by atoms with Crippen molar-refractivity contribution < 1.29 is 33.1 Å². The molecule has 1 atom stereocenters. The maximum absolute atomic E-state index is 12.4. The van der Waals surface area contributed by atoms with E-state index in [0.29, 0.717) is 18.2 Å². The van der Waals surface area contributed by atoms with Crippen LogP contribution in [-0.4, -0.2) is 124 Å². The molecular weight excluding hydrogens is 606 g/mol. The number of anilines is 1. The van der Waals surface area contributed by atoms with Crippen molar-refractivity contribution in [3.05, 3.63) is 29.8 Å². The van der Waals surface area contributed by atoms with Crippen LogP contribution in [0.5, 0.6) is 0 Å². The summed E-state index contributed by atoms with van der Waals surface area (Å²) in [7, 11) is 2.22. The topological polar surface area (TPSA) is 129 Å². The molecule has 1 aromatic rings. The Balaban J connectivity index is 1.90. The van der Waals surface area contributed by atoms with Crippen LogP contribution in [0.3, 0.4) is 0 Å². The molecule has 0 spiro atoms. The van der Waals surface area contributed by atoms with Gasteiger partial charge in [-0.15, -0.1) is 0 Å². The first-order chi connectivity index (χ1) is 19.6. The zero-order valence-corrected chi connectivity index (χ0v) is 27.9. The van der Waals surface area contributed by atoms with Gasteiger partial charge in [0.1, 0.15) is 6.29 Å². The van der Waals surface area contributed by atoms with Crippen LogP contribution in [0.2, 0.25) is 5.48 Å². The third kappa shape index (κ3) is 12.9. The Kier molecular flexibility index (Phi) is 15.3. The van der Waals surface area contributed by atoms with Crippen molar-refractivity contribution in [1.82, 2.24) is 17.8 Å². The Labute approximate surface area is 254 Å². The molecule has 1 aliphatic rings. The van der Waals surface area contributed by atoms with Gasteiger partial charge in [0.05, 0.1) is 0 Å². The van der Waals surface area contributed by atoms with E-state index in [1.54, 1.807) is 0 Å². The van der Waals surface area contributed by atoms with Gasteiger partial charge in [0, 0.05) is 25.9 Å². The number of nitrogens with one attached hydrogen (secondary N) is 3. The van der Waals surface area contributed by atoms with Gasteiger partial charge < -0.3 is 10.1 Å². The molecule has 1 aromatic carbocycles. The van der Waals surface area contributed by atoms with Crippen molar-refractivity contribution in [3.63, 3.8) is 0 Å². The van der Waals surface area contributed by atoms with Gasteiger partial charge in [-0.2, -0.15) is 0 Å². The summed E-state index contributed by atoms with van der Waals surface area (Å²) in [6.45, 7) is 9.26. The Morgan fingerprint density at radius 2 is 1.71 bits per heavy atom. The quantitative estimate of drug-likeness (QED) is 0.0662. The van der Waals surface area contributed by atoms with E-state index in [9.17, 15) is 19.2 Å². The zero-order chi connectivity index (χ0) is 30.3. The average Bonchev–Trinajstić information content (AvgIpc) is 2.95. The number of amides is 1. The van der Waals surface area contributed by atoms with Crippen LogP contribution in [0.25, 0.3) is 0 Å². The van der Waals surface area contributed by atoms with E-state index in [-0.39, 0.29) is 50.6 Å². The Morgan fingerprint density at radius 1 is 1.07 bits per heavy atom. The number of nitrogens with zero attached hydrogens (tertiary/aromatic N) is 3. The van der Waals surface area contributed by atoms with E-state index in [1.165, 1.54) is 5.56 Å². The molecule has 0 aromatic heterocycles. The molecule has 1 aliphatic heterocycles. The van der Waals surface area contributed by atoms with Gasteiger partial charge in [-0.05, 0) is 0 Å². The molecule has 14 heteroatoms. The van der Waals surface area contributed by atoms with E-state index < -0.39 is 16.7 Å². The monoisotopic (exact) mass is 649 g/mol. The summed E-state index contributed by atoms with van der Waals surface area (Å²) in [5.41, 5.74) is 4.23. The third-order valence-corrected chi connectivity index (χ3v) is 14.0. The van der Waals surface area contributed by atoms with Crippen LogP contribution in [0.1, 0.15) is 32.3 Å². The standard InChI is InChI=1S/C26H41N6O6S.CH3.Ga/c1-4-27-17-24(35)37-20-38-25(36)18-28-14-15-32(3,5-2)19-21-8-10-22(11-9-21)31-26(39)30-13-12-29-23(34)7-6-16-33;;/h8-11,16H,4-7,12-15,17-20H2,1-3H3,(H,29,34)(H2,30,31,39);1H3;/q-1;;+2. The van der Waals surface area contributed by atoms with Gasteiger partial charge in [-0.25, -0.2) is 0 Å². The molecule has 1 saturated heterocycles. The summed E-state index contributed by atoms with van der Waals surface area (Å²) in [5.74, 6) is -0.889. The predicted molar refractivity (Wildman–Crippen MR) is 162 cm³/mol. The number of carbonyl (C=O) groups excluding carboxylic acids is 4. The normalized spacial score (nSPS) is 16.6. The molecule has 1 heterocycles. The number of cyclic esters (lactones) is 2. The molecule has 3 N–H and O–H groups in total. The number of hydrogen-bond acceptors (Lipinski definition) is 9. The van der Waals surface area contributed by atoms with E-state index in [4.69, 9.17) is 21.7 Å². The van der Waals surface area contributed by atoms with Crippen molar-refractivity contribution >= 4 is 63.8 Å². The number of esters is 2. The molecule has 0 aliphatic carbocycles. The van der Waals surface area contributed by atoms with Gasteiger partial charge in [-0.3, -0.25) is 4.79 Å². The number of hydrogen-bond donors (Lipinski definition) is 3. The van der Waals surface area contributed by atoms with Crippen molar-refractivity contribution in [2.45, 2.75) is 38.7 Å². The molecule has 1 fully saturated rings. The van der Waals surface area contributed by atoms with Crippen LogP contribution in [-0.2, 0) is 35.2 Å². The summed E-state index contributed by atoms with van der Waals surface area (Å²) in [6, 6.07) is 8.13. The molecule has 0 radical (unpaired) electrons. The maximum atomic E-state index is 12.4. The minimum atomic E-state index is -2.32. The molecular formula is C27H44GaN6O6S+. The number of quaternary nitrogens is 1. The van der Waals surface area contributed by atoms with Crippen LogP contribution in [0, 0.1) is 0 Å². The van der Waals surface area contributed by atoms with Gasteiger partial charge in [0.2, 0.25) is 5.91 Å². The van der Waals surface area contributed by atoms with Gasteiger partial charge >= 0.3 is 202 Å². The molecule has 0 saturated carbocycles. The fourth-order valence-electron chi connectivity index (χ4n) is 4.41. The fourth-order valence-corrected chi connectivity index (χ4v) is 9.46. The van der Waals surface area contributed by atoms with Crippen molar-refractivity contribution in [3.8, 4) is 0 Å². The van der Waals surface area contributed by atoms with Crippen molar-refractivity contribution in [1.29, 1.82) is 0 Å². The average molecular weight is 650 g/mol. The molecule has 12 nitrogen and oxygen atoms in total. The second-order valence-corrected chi connectivity index (χ2v) is 16.4. The van der Waals surface area contributed by atoms with Crippen LogP contribution in [0.15, 0.2) is 24.3 Å². The summed E-state index contributed by atoms with van der Waals surface area (Å²) in [6.07, 6.45) is 1.14.